The van der Waals surface area contributed by atoms with Gasteiger partial charge in [0.2, 0.25) is 5.91 Å². The van der Waals surface area contributed by atoms with Gasteiger partial charge in [-0.25, -0.2) is 0 Å². The summed E-state index contributed by atoms with van der Waals surface area (Å²) in [4.78, 5) is 34.5. The Bertz CT molecular complexity index is 995. The highest BCUT2D eigenvalue weighted by atomic mass is 35.5. The van der Waals surface area contributed by atoms with E-state index in [1.54, 1.807) is 18.2 Å². The van der Waals surface area contributed by atoms with E-state index in [1.807, 2.05) is 0 Å². The molecule has 10 nitrogen and oxygen atoms in total. The molecule has 2 aromatic rings. The molecule has 2 rings (SSSR count). The van der Waals surface area contributed by atoms with Gasteiger partial charge in [-0.3, -0.25) is 25.1 Å². The number of carbonyl (C=O) groups excluding carboxylic acids is 2. The van der Waals surface area contributed by atoms with Gasteiger partial charge >= 0.3 is 0 Å². The van der Waals surface area contributed by atoms with Crippen LogP contribution in [0, 0.1) is 10.1 Å². The Morgan fingerprint density at radius 2 is 1.87 bits per heavy atom. The lowest BCUT2D eigenvalue weighted by molar-refractivity contribution is -0.384. The second-order valence-electron chi connectivity index (χ2n) is 5.90. The van der Waals surface area contributed by atoms with Crippen LogP contribution in [0.1, 0.15) is 16.8 Å². The van der Waals surface area contributed by atoms with Gasteiger partial charge in [-0.15, -0.1) is 0 Å². The maximum atomic E-state index is 12.2. The molecule has 3 N–H and O–H groups in total. The summed E-state index contributed by atoms with van der Waals surface area (Å²) in [6, 6.07) is 8.47. The lowest BCUT2D eigenvalue weighted by Gasteiger charge is -2.13. The standard InChI is InChI=1S/C19H19ClN4O6/c1-11(8-18(25)21-15-6-5-13(29-2)10-17(15)30-3)22-23-19(26)12-4-7-16(24(27)28)14(20)9-12/h4-7,9-10,22H,1,8H2,2-3H3,(H,21,25)(H,23,26). The zero-order valence-electron chi connectivity index (χ0n) is 16.2. The number of halogens is 1. The van der Waals surface area contributed by atoms with Crippen molar-refractivity contribution in [2.24, 2.45) is 0 Å². The van der Waals surface area contributed by atoms with Crippen LogP contribution in [-0.2, 0) is 4.79 Å². The normalized spacial score (nSPS) is 9.97. The molecule has 0 heterocycles. The van der Waals surface area contributed by atoms with Crippen molar-refractivity contribution >= 4 is 34.8 Å². The van der Waals surface area contributed by atoms with Crippen LogP contribution in [0.15, 0.2) is 48.7 Å². The van der Waals surface area contributed by atoms with Crippen molar-refractivity contribution in [3.8, 4) is 11.5 Å². The number of nitrogens with zero attached hydrogens (tertiary/aromatic N) is 1. The number of hydrazine groups is 1. The number of methoxy groups -OCH3 is 2. The third-order valence-electron chi connectivity index (χ3n) is 3.82. The summed E-state index contributed by atoms with van der Waals surface area (Å²) >= 11 is 5.79. The Hall–Kier alpha value is -3.79. The highest BCUT2D eigenvalue weighted by molar-refractivity contribution is 6.33. The first-order valence-corrected chi connectivity index (χ1v) is 8.83. The fourth-order valence-electron chi connectivity index (χ4n) is 2.35. The highest BCUT2D eigenvalue weighted by Crippen LogP contribution is 2.29. The molecule has 0 saturated heterocycles. The molecule has 0 saturated carbocycles. The third-order valence-corrected chi connectivity index (χ3v) is 4.12. The summed E-state index contributed by atoms with van der Waals surface area (Å²) in [5, 5.41) is 13.3. The molecule has 0 atom stereocenters. The number of amides is 2. The lowest BCUT2D eigenvalue weighted by Crippen LogP contribution is -2.37. The predicted octanol–water partition coefficient (Wildman–Crippen LogP) is 3.04. The van der Waals surface area contributed by atoms with Crippen LogP contribution in [0.25, 0.3) is 0 Å². The fourth-order valence-corrected chi connectivity index (χ4v) is 2.60. The summed E-state index contributed by atoms with van der Waals surface area (Å²) in [7, 11) is 2.98. The number of nitrogens with one attached hydrogen (secondary N) is 3. The Morgan fingerprint density at radius 3 is 2.47 bits per heavy atom. The molecule has 0 spiro atoms. The zero-order chi connectivity index (χ0) is 22.3. The number of anilines is 1. The van der Waals surface area contributed by atoms with Crippen molar-refractivity contribution in [2.45, 2.75) is 6.42 Å². The van der Waals surface area contributed by atoms with Crippen LogP contribution in [0.2, 0.25) is 5.02 Å². The number of hydrogen-bond donors (Lipinski definition) is 3. The summed E-state index contributed by atoms with van der Waals surface area (Å²) in [6.45, 7) is 3.67. The summed E-state index contributed by atoms with van der Waals surface area (Å²) < 4.78 is 10.3. The summed E-state index contributed by atoms with van der Waals surface area (Å²) in [5.41, 5.74) is 5.30. The number of carbonyl (C=O) groups is 2. The number of ether oxygens (including phenoxy) is 2. The molecular weight excluding hydrogens is 416 g/mol. The van der Waals surface area contributed by atoms with Gasteiger partial charge in [0.05, 0.1) is 31.3 Å². The Labute approximate surface area is 176 Å². The van der Waals surface area contributed by atoms with E-state index in [1.165, 1.54) is 26.4 Å². The fraction of sp³-hybridized carbons (Fsp3) is 0.158. The molecule has 0 unspecified atom stereocenters. The van der Waals surface area contributed by atoms with Gasteiger partial charge in [-0.05, 0) is 24.3 Å². The SMILES string of the molecule is C=C(CC(=O)Nc1ccc(OC)cc1OC)NNC(=O)c1ccc([N+](=O)[O-])c(Cl)c1. The van der Waals surface area contributed by atoms with Crippen LogP contribution in [-0.4, -0.2) is 31.0 Å². The lowest BCUT2D eigenvalue weighted by atomic mass is 10.2. The number of rotatable bonds is 9. The number of benzene rings is 2. The van der Waals surface area contributed by atoms with Gasteiger partial charge in [0.15, 0.2) is 0 Å². The molecule has 0 fully saturated rings. The Kier molecular flexibility index (Phi) is 7.59. The number of hydrogen-bond acceptors (Lipinski definition) is 7. The molecule has 0 aliphatic carbocycles. The van der Waals surface area contributed by atoms with E-state index in [4.69, 9.17) is 21.1 Å². The summed E-state index contributed by atoms with van der Waals surface area (Å²) in [5.74, 6) is -0.0108. The smallest absolute Gasteiger partial charge is 0.287 e. The van der Waals surface area contributed by atoms with Crippen molar-refractivity contribution in [3.63, 3.8) is 0 Å². The van der Waals surface area contributed by atoms with E-state index in [2.05, 4.69) is 22.7 Å². The minimum Gasteiger partial charge on any atom is -0.497 e. The van der Waals surface area contributed by atoms with E-state index in [0.29, 0.717) is 17.2 Å². The average molecular weight is 435 g/mol. The van der Waals surface area contributed by atoms with E-state index in [9.17, 15) is 19.7 Å². The van der Waals surface area contributed by atoms with Crippen LogP contribution in [0.5, 0.6) is 11.5 Å². The third kappa shape index (κ3) is 5.85. The molecule has 0 aliphatic heterocycles. The molecule has 2 aromatic carbocycles. The minimum atomic E-state index is -0.652. The number of nitro groups is 1. The van der Waals surface area contributed by atoms with Gasteiger partial charge in [0.1, 0.15) is 16.5 Å². The van der Waals surface area contributed by atoms with Crippen LogP contribution in [0.4, 0.5) is 11.4 Å². The molecule has 0 aliphatic rings. The van der Waals surface area contributed by atoms with Gasteiger partial charge in [0.25, 0.3) is 11.6 Å². The van der Waals surface area contributed by atoms with E-state index in [0.717, 1.165) is 6.07 Å². The summed E-state index contributed by atoms with van der Waals surface area (Å²) in [6.07, 6.45) is -0.142. The second-order valence-corrected chi connectivity index (χ2v) is 6.30. The van der Waals surface area contributed by atoms with Crippen molar-refractivity contribution in [2.75, 3.05) is 19.5 Å². The minimum absolute atomic E-state index is 0.0957. The Balaban J connectivity index is 1.90. The first-order valence-electron chi connectivity index (χ1n) is 8.45. The van der Waals surface area contributed by atoms with Crippen LogP contribution < -0.4 is 25.6 Å². The van der Waals surface area contributed by atoms with Crippen molar-refractivity contribution in [1.29, 1.82) is 0 Å². The van der Waals surface area contributed by atoms with E-state index < -0.39 is 16.7 Å². The number of nitro benzene ring substituents is 1. The maximum absolute atomic E-state index is 12.2. The zero-order valence-corrected chi connectivity index (χ0v) is 16.9. The van der Waals surface area contributed by atoms with Gasteiger partial charge in [-0.2, -0.15) is 0 Å². The molecule has 0 aromatic heterocycles. The quantitative estimate of drug-likeness (QED) is 0.408. The molecular formula is C19H19ClN4O6. The molecule has 158 valence electrons. The van der Waals surface area contributed by atoms with Crippen molar-refractivity contribution < 1.29 is 24.0 Å². The predicted molar refractivity (Wildman–Crippen MR) is 111 cm³/mol. The van der Waals surface area contributed by atoms with Crippen molar-refractivity contribution in [3.05, 3.63) is 69.4 Å². The molecule has 0 radical (unpaired) electrons. The van der Waals surface area contributed by atoms with E-state index in [-0.39, 0.29) is 28.4 Å². The van der Waals surface area contributed by atoms with Gasteiger partial charge in [-0.1, -0.05) is 18.2 Å². The van der Waals surface area contributed by atoms with Crippen LogP contribution in [0.3, 0.4) is 0 Å². The maximum Gasteiger partial charge on any atom is 0.287 e. The largest absolute Gasteiger partial charge is 0.497 e. The average Bonchev–Trinajstić information content (AvgIpc) is 2.71. The van der Waals surface area contributed by atoms with Gasteiger partial charge < -0.3 is 20.2 Å². The monoisotopic (exact) mass is 434 g/mol. The topological polar surface area (TPSA) is 132 Å². The first kappa shape index (κ1) is 22.5. The first-order chi connectivity index (χ1) is 14.2. The molecule has 2 amide bonds. The van der Waals surface area contributed by atoms with Crippen molar-refractivity contribution in [1.82, 2.24) is 10.9 Å². The van der Waals surface area contributed by atoms with Crippen LogP contribution >= 0.6 is 11.6 Å². The molecule has 11 heteroatoms. The van der Waals surface area contributed by atoms with Gasteiger partial charge in [0, 0.05) is 23.4 Å². The second kappa shape index (κ2) is 10.1. The Morgan fingerprint density at radius 1 is 1.13 bits per heavy atom. The van der Waals surface area contributed by atoms with E-state index >= 15 is 0 Å². The highest BCUT2D eigenvalue weighted by Gasteiger charge is 2.16. The molecule has 30 heavy (non-hydrogen) atoms. The molecule has 0 bridgehead atoms.